The normalized spacial score (nSPS) is 21.0. The smallest absolute Gasteiger partial charge is 0.138 e. The summed E-state index contributed by atoms with van der Waals surface area (Å²) < 4.78 is 5.81. The van der Waals surface area contributed by atoms with Crippen molar-refractivity contribution >= 4 is 5.78 Å². The van der Waals surface area contributed by atoms with Crippen molar-refractivity contribution in [3.63, 3.8) is 0 Å². The maximum atomic E-state index is 11.8. The highest BCUT2D eigenvalue weighted by atomic mass is 16.5. The van der Waals surface area contributed by atoms with Crippen LogP contribution in [0.15, 0.2) is 54.6 Å². The fourth-order valence-corrected chi connectivity index (χ4v) is 2.93. The van der Waals surface area contributed by atoms with E-state index in [1.54, 1.807) is 0 Å². The van der Waals surface area contributed by atoms with Gasteiger partial charge in [-0.05, 0) is 36.1 Å². The summed E-state index contributed by atoms with van der Waals surface area (Å²) >= 11 is 0. The van der Waals surface area contributed by atoms with Crippen LogP contribution in [0, 0.1) is 5.92 Å². The molecule has 114 valence electrons. The summed E-state index contributed by atoms with van der Waals surface area (Å²) in [6.07, 6.45) is 1.09. The predicted octanol–water partition coefficient (Wildman–Crippen LogP) is 3.15. The highest BCUT2D eigenvalue weighted by Crippen LogP contribution is 2.27. The van der Waals surface area contributed by atoms with Crippen LogP contribution >= 0.6 is 0 Å². The second kappa shape index (κ2) is 6.75. The maximum Gasteiger partial charge on any atom is 0.138 e. The summed E-state index contributed by atoms with van der Waals surface area (Å²) in [5.41, 5.74) is 2.21. The van der Waals surface area contributed by atoms with Crippen LogP contribution in [0.4, 0.5) is 0 Å². The van der Waals surface area contributed by atoms with E-state index in [1.165, 1.54) is 0 Å². The number of hydrogen-bond acceptors (Lipinski definition) is 3. The highest BCUT2D eigenvalue weighted by molar-refractivity contribution is 5.84. The topological polar surface area (TPSA) is 46.5 Å². The van der Waals surface area contributed by atoms with Crippen LogP contribution < -0.4 is 4.74 Å². The fraction of sp³-hybridized carbons (Fsp3) is 0.316. The molecule has 1 aliphatic carbocycles. The van der Waals surface area contributed by atoms with Gasteiger partial charge in [0.05, 0.1) is 6.10 Å². The molecule has 2 atom stereocenters. The molecule has 1 N–H and O–H groups in total. The first kappa shape index (κ1) is 14.8. The second-order valence-electron chi connectivity index (χ2n) is 5.88. The van der Waals surface area contributed by atoms with Crippen LogP contribution in [0.25, 0.3) is 0 Å². The van der Waals surface area contributed by atoms with Gasteiger partial charge in [0.25, 0.3) is 0 Å². The molecule has 1 aliphatic rings. The molecule has 2 aromatic carbocycles. The zero-order valence-corrected chi connectivity index (χ0v) is 12.4. The van der Waals surface area contributed by atoms with E-state index < -0.39 is 6.10 Å². The average Bonchev–Trinajstić information content (AvgIpc) is 2.84. The highest BCUT2D eigenvalue weighted by Gasteiger charge is 2.31. The van der Waals surface area contributed by atoms with E-state index in [4.69, 9.17) is 4.74 Å². The van der Waals surface area contributed by atoms with Crippen molar-refractivity contribution in [2.75, 3.05) is 0 Å². The fourth-order valence-electron chi connectivity index (χ4n) is 2.93. The monoisotopic (exact) mass is 296 g/mol. The van der Waals surface area contributed by atoms with Crippen LogP contribution in [-0.2, 0) is 17.8 Å². The second-order valence-corrected chi connectivity index (χ2v) is 5.88. The van der Waals surface area contributed by atoms with Gasteiger partial charge >= 0.3 is 0 Å². The zero-order chi connectivity index (χ0) is 15.4. The molecule has 0 radical (unpaired) electrons. The quantitative estimate of drug-likeness (QED) is 0.922. The minimum atomic E-state index is -0.463. The molecule has 0 amide bonds. The number of hydrogen-bond donors (Lipinski definition) is 1. The minimum Gasteiger partial charge on any atom is -0.489 e. The third-order valence-electron chi connectivity index (χ3n) is 4.08. The van der Waals surface area contributed by atoms with E-state index in [0.717, 1.165) is 16.9 Å². The van der Waals surface area contributed by atoms with E-state index in [0.29, 0.717) is 25.9 Å². The number of ketones is 1. The Balaban J connectivity index is 1.61. The standard InChI is InChI=1S/C19H20O3/c20-17-11-16(19(21)12-17)9-15-7-4-8-18(10-15)22-13-14-5-2-1-3-6-14/h1-8,10,16-17,20H,9,11-13H2. The average molecular weight is 296 g/mol. The minimum absolute atomic E-state index is 0.0561. The van der Waals surface area contributed by atoms with Crippen LogP contribution in [0.2, 0.25) is 0 Å². The number of carbonyl (C=O) groups is 1. The zero-order valence-electron chi connectivity index (χ0n) is 12.4. The Morgan fingerprint density at radius 1 is 1.05 bits per heavy atom. The summed E-state index contributed by atoms with van der Waals surface area (Å²) in [5, 5.41) is 9.57. The first-order chi connectivity index (χ1) is 10.7. The van der Waals surface area contributed by atoms with Crippen molar-refractivity contribution in [2.45, 2.75) is 32.0 Å². The summed E-state index contributed by atoms with van der Waals surface area (Å²) in [6.45, 7) is 0.533. The van der Waals surface area contributed by atoms with Crippen molar-refractivity contribution in [2.24, 2.45) is 5.92 Å². The molecular weight excluding hydrogens is 276 g/mol. The molecule has 0 saturated heterocycles. The molecular formula is C19H20O3. The van der Waals surface area contributed by atoms with Gasteiger partial charge in [0.2, 0.25) is 0 Å². The SMILES string of the molecule is O=C1CC(O)CC1Cc1cccc(OCc2ccccc2)c1. The van der Waals surface area contributed by atoms with Gasteiger partial charge in [-0.15, -0.1) is 0 Å². The van der Waals surface area contributed by atoms with Gasteiger partial charge in [-0.2, -0.15) is 0 Å². The van der Waals surface area contributed by atoms with Gasteiger partial charge < -0.3 is 9.84 Å². The Kier molecular flexibility index (Phi) is 4.54. The first-order valence-electron chi connectivity index (χ1n) is 7.67. The van der Waals surface area contributed by atoms with E-state index in [-0.39, 0.29) is 11.7 Å². The maximum absolute atomic E-state index is 11.8. The molecule has 1 fully saturated rings. The molecule has 3 rings (SSSR count). The number of aliphatic hydroxyl groups is 1. The van der Waals surface area contributed by atoms with Crippen LogP contribution in [0.3, 0.4) is 0 Å². The van der Waals surface area contributed by atoms with Crippen molar-refractivity contribution in [1.29, 1.82) is 0 Å². The summed E-state index contributed by atoms with van der Waals surface area (Å²) in [7, 11) is 0. The van der Waals surface area contributed by atoms with Gasteiger partial charge in [-0.3, -0.25) is 4.79 Å². The number of carbonyl (C=O) groups excluding carboxylic acids is 1. The molecule has 0 spiro atoms. The Hall–Kier alpha value is -2.13. The van der Waals surface area contributed by atoms with Crippen molar-refractivity contribution < 1.29 is 14.6 Å². The van der Waals surface area contributed by atoms with E-state index >= 15 is 0 Å². The number of rotatable bonds is 5. The summed E-state index contributed by atoms with van der Waals surface area (Å²) in [6, 6.07) is 17.9. The van der Waals surface area contributed by atoms with Crippen molar-refractivity contribution in [1.82, 2.24) is 0 Å². The molecule has 0 heterocycles. The van der Waals surface area contributed by atoms with E-state index in [9.17, 15) is 9.90 Å². The molecule has 3 nitrogen and oxygen atoms in total. The molecule has 0 bridgehead atoms. The van der Waals surface area contributed by atoms with Gasteiger partial charge in [-0.1, -0.05) is 42.5 Å². The lowest BCUT2D eigenvalue weighted by Crippen LogP contribution is -2.09. The number of aliphatic hydroxyl groups excluding tert-OH is 1. The molecule has 3 heteroatoms. The van der Waals surface area contributed by atoms with Gasteiger partial charge in [-0.25, -0.2) is 0 Å². The third-order valence-corrected chi connectivity index (χ3v) is 4.08. The van der Waals surface area contributed by atoms with Gasteiger partial charge in [0.1, 0.15) is 18.1 Å². The molecule has 2 unspecified atom stereocenters. The lowest BCUT2D eigenvalue weighted by molar-refractivity contribution is -0.120. The van der Waals surface area contributed by atoms with Crippen molar-refractivity contribution in [3.05, 3.63) is 65.7 Å². The van der Waals surface area contributed by atoms with Gasteiger partial charge in [0, 0.05) is 12.3 Å². The van der Waals surface area contributed by atoms with Crippen LogP contribution in [0.5, 0.6) is 5.75 Å². The Bertz CT molecular complexity index is 636. The molecule has 1 saturated carbocycles. The Morgan fingerprint density at radius 2 is 1.82 bits per heavy atom. The molecule has 22 heavy (non-hydrogen) atoms. The third kappa shape index (κ3) is 3.74. The lowest BCUT2D eigenvalue weighted by Gasteiger charge is -2.11. The largest absolute Gasteiger partial charge is 0.489 e. The van der Waals surface area contributed by atoms with Crippen LogP contribution in [0.1, 0.15) is 24.0 Å². The molecule has 2 aromatic rings. The number of ether oxygens (including phenoxy) is 1. The Morgan fingerprint density at radius 3 is 2.55 bits per heavy atom. The summed E-state index contributed by atoms with van der Waals surface area (Å²) in [4.78, 5) is 11.8. The van der Waals surface area contributed by atoms with Crippen molar-refractivity contribution in [3.8, 4) is 5.75 Å². The first-order valence-corrected chi connectivity index (χ1v) is 7.67. The van der Waals surface area contributed by atoms with E-state index in [1.807, 2.05) is 54.6 Å². The molecule has 0 aliphatic heterocycles. The van der Waals surface area contributed by atoms with Crippen LogP contribution in [-0.4, -0.2) is 17.0 Å². The summed E-state index contributed by atoms with van der Waals surface area (Å²) in [5.74, 6) is 0.926. The lowest BCUT2D eigenvalue weighted by atomic mass is 9.97. The van der Waals surface area contributed by atoms with E-state index in [2.05, 4.69) is 0 Å². The number of Topliss-reactive ketones (excluding diaryl/α,β-unsaturated/α-hetero) is 1. The van der Waals surface area contributed by atoms with Gasteiger partial charge in [0.15, 0.2) is 0 Å². The predicted molar refractivity (Wildman–Crippen MR) is 84.7 cm³/mol. The molecule has 0 aromatic heterocycles. The number of benzene rings is 2. The Labute approximate surface area is 130 Å².